The quantitative estimate of drug-likeness (QED) is 0.370. The fourth-order valence-corrected chi connectivity index (χ4v) is 0. The SMILES string of the molecule is I.O=[S-](O)=S. The van der Waals surface area contributed by atoms with E-state index in [1.807, 2.05) is 0 Å². The van der Waals surface area contributed by atoms with E-state index in [9.17, 15) is 0 Å². The Hall–Kier alpha value is 1.06. The Morgan fingerprint density at radius 3 is 1.80 bits per heavy atom. The molecule has 0 rings (SSSR count). The Morgan fingerprint density at radius 1 is 1.80 bits per heavy atom. The summed E-state index contributed by atoms with van der Waals surface area (Å²) in [6.45, 7) is 0. The molecule has 0 aliphatic heterocycles. The van der Waals surface area contributed by atoms with Gasteiger partial charge in [-0.2, -0.15) is 0 Å². The highest BCUT2D eigenvalue weighted by atomic mass is 127. The minimum atomic E-state index is -2.03. The summed E-state index contributed by atoms with van der Waals surface area (Å²) in [5, 5.41) is 0. The van der Waals surface area contributed by atoms with E-state index < -0.39 is 9.64 Å². The highest BCUT2D eigenvalue weighted by Gasteiger charge is 1.19. The maximum atomic E-state index is 8.93. The molecular formula is H2IO2S2-. The third-order valence-corrected chi connectivity index (χ3v) is 0. The highest BCUT2D eigenvalue weighted by Crippen LogP contribution is 1.33. The molecule has 5 heteroatoms. The van der Waals surface area contributed by atoms with Crippen LogP contribution in [0.25, 0.3) is 0 Å². The molecular weight excluding hydrogens is 223 g/mol. The van der Waals surface area contributed by atoms with Crippen LogP contribution in [0.4, 0.5) is 0 Å². The van der Waals surface area contributed by atoms with Crippen LogP contribution in [0, 0.1) is 0 Å². The molecule has 0 spiro atoms. The summed E-state index contributed by atoms with van der Waals surface area (Å²) in [6.07, 6.45) is 0. The first-order valence-corrected chi connectivity index (χ1v) is 2.55. The van der Waals surface area contributed by atoms with Crippen LogP contribution in [0.1, 0.15) is 0 Å². The van der Waals surface area contributed by atoms with Crippen molar-refractivity contribution in [2.24, 2.45) is 0 Å². The van der Waals surface area contributed by atoms with Crippen LogP contribution in [0.15, 0.2) is 0 Å². The van der Waals surface area contributed by atoms with Crippen LogP contribution < -0.4 is 0 Å². The van der Waals surface area contributed by atoms with Gasteiger partial charge in [0.05, 0.1) is 0 Å². The van der Waals surface area contributed by atoms with Gasteiger partial charge in [0, 0.05) is 0 Å². The van der Waals surface area contributed by atoms with E-state index in [4.69, 9.17) is 8.76 Å². The number of hydrogen-bond donors (Lipinski definition) is 1. The van der Waals surface area contributed by atoms with Gasteiger partial charge < -0.3 is 8.76 Å². The van der Waals surface area contributed by atoms with Gasteiger partial charge in [-0.05, 0) is 0 Å². The van der Waals surface area contributed by atoms with E-state index in [2.05, 4.69) is 11.2 Å². The van der Waals surface area contributed by atoms with Crippen LogP contribution in [-0.2, 0) is 25.0 Å². The van der Waals surface area contributed by atoms with Gasteiger partial charge >= 0.3 is 0 Å². The highest BCUT2D eigenvalue weighted by molar-refractivity contribution is 14.0. The fraction of sp³-hybridized carbons (Fsp3) is 0. The van der Waals surface area contributed by atoms with Crippen LogP contribution in [0.2, 0.25) is 0 Å². The predicted molar refractivity (Wildman–Crippen MR) is 33.5 cm³/mol. The number of hydrogen-bond acceptors (Lipinski definition) is 3. The molecule has 5 heavy (non-hydrogen) atoms. The lowest BCUT2D eigenvalue weighted by atomic mass is 15.9. The Balaban J connectivity index is 0. The van der Waals surface area contributed by atoms with Crippen molar-refractivity contribution < 1.29 is 8.76 Å². The maximum Gasteiger partial charge on any atom is -0.0918 e. The van der Waals surface area contributed by atoms with Crippen molar-refractivity contribution in [3.8, 4) is 0 Å². The van der Waals surface area contributed by atoms with Gasteiger partial charge in [-0.15, -0.1) is 24.0 Å². The fourth-order valence-electron chi connectivity index (χ4n) is 0. The zero-order chi connectivity index (χ0) is 3.58. The van der Waals surface area contributed by atoms with Gasteiger partial charge in [0.1, 0.15) is 0 Å². The van der Waals surface area contributed by atoms with E-state index >= 15 is 0 Å². The van der Waals surface area contributed by atoms with Gasteiger partial charge in [-0.3, -0.25) is 0 Å². The van der Waals surface area contributed by atoms with E-state index in [1.54, 1.807) is 0 Å². The molecule has 1 N–H and O–H groups in total. The normalized spacial score (nSPS) is 6.80. The molecule has 0 aliphatic carbocycles. The van der Waals surface area contributed by atoms with Crippen molar-refractivity contribution in [1.29, 1.82) is 0 Å². The van der Waals surface area contributed by atoms with E-state index in [0.717, 1.165) is 0 Å². The first-order valence-electron chi connectivity index (χ1n) is 0.516. The Bertz CT molecular complexity index is 56.0. The molecule has 0 aliphatic rings. The Morgan fingerprint density at radius 2 is 1.80 bits per heavy atom. The van der Waals surface area contributed by atoms with Crippen LogP contribution in [0.5, 0.6) is 0 Å². The predicted octanol–water partition coefficient (Wildman–Crippen LogP) is 0.503. The van der Waals surface area contributed by atoms with Crippen molar-refractivity contribution >= 4 is 44.8 Å². The Labute approximate surface area is 53.5 Å². The third kappa shape index (κ3) is 42.2. The second-order valence-electron chi connectivity index (χ2n) is 0.217. The van der Waals surface area contributed by atoms with Crippen molar-refractivity contribution in [2.75, 3.05) is 0 Å². The van der Waals surface area contributed by atoms with E-state index in [0.29, 0.717) is 0 Å². The lowest BCUT2D eigenvalue weighted by Crippen LogP contribution is -1.51. The summed E-state index contributed by atoms with van der Waals surface area (Å²) in [4.78, 5) is 0. The summed E-state index contributed by atoms with van der Waals surface area (Å²) in [7, 11) is -2.03. The molecule has 0 heterocycles. The Kier molecular flexibility index (Phi) is 9.53. The van der Waals surface area contributed by atoms with E-state index in [1.165, 1.54) is 0 Å². The molecule has 34 valence electrons. The minimum Gasteiger partial charge on any atom is -0.459 e. The van der Waals surface area contributed by atoms with Crippen LogP contribution in [0.3, 0.4) is 0 Å². The zero-order valence-corrected chi connectivity index (χ0v) is 6.04. The molecule has 0 amide bonds. The average molecular weight is 225 g/mol. The number of rotatable bonds is 0. The number of halogens is 1. The molecule has 0 radical (unpaired) electrons. The zero-order valence-electron chi connectivity index (χ0n) is 2.08. The van der Waals surface area contributed by atoms with Crippen LogP contribution in [-0.4, -0.2) is 4.55 Å². The van der Waals surface area contributed by atoms with Gasteiger partial charge in [-0.1, -0.05) is 9.64 Å². The molecule has 0 unspecified atom stereocenters. The van der Waals surface area contributed by atoms with Crippen molar-refractivity contribution in [3.05, 3.63) is 0 Å². The first-order chi connectivity index (χ1) is 1.73. The van der Waals surface area contributed by atoms with Crippen LogP contribution >= 0.6 is 24.0 Å². The lowest BCUT2D eigenvalue weighted by Gasteiger charge is -1.66. The lowest BCUT2D eigenvalue weighted by molar-refractivity contribution is 0.536. The van der Waals surface area contributed by atoms with Crippen molar-refractivity contribution in [2.45, 2.75) is 0 Å². The molecule has 2 nitrogen and oxygen atoms in total. The smallest absolute Gasteiger partial charge is 0.0918 e. The van der Waals surface area contributed by atoms with Gasteiger partial charge in [-0.25, -0.2) is 11.2 Å². The molecule has 0 aromatic carbocycles. The van der Waals surface area contributed by atoms with Crippen molar-refractivity contribution in [1.82, 2.24) is 0 Å². The summed E-state index contributed by atoms with van der Waals surface area (Å²) in [6, 6.07) is 0. The van der Waals surface area contributed by atoms with Gasteiger partial charge in [0.15, 0.2) is 0 Å². The average Bonchev–Trinajstić information content (AvgIpc) is 0.811. The monoisotopic (exact) mass is 225 g/mol. The van der Waals surface area contributed by atoms with Crippen molar-refractivity contribution in [3.63, 3.8) is 0 Å². The second kappa shape index (κ2) is 5.06. The summed E-state index contributed by atoms with van der Waals surface area (Å²) < 4.78 is 16.3. The topological polar surface area (TPSA) is 37.3 Å². The summed E-state index contributed by atoms with van der Waals surface area (Å²) in [5.74, 6) is 0. The molecule has 0 saturated carbocycles. The van der Waals surface area contributed by atoms with Gasteiger partial charge in [0.2, 0.25) is 0 Å². The third-order valence-electron chi connectivity index (χ3n) is 0. The first kappa shape index (κ1) is 9.41. The standard InChI is InChI=1S/HI.HO2S2/c;1-4(2)3/h1H;(H,1,2,3)/q;-1. The summed E-state index contributed by atoms with van der Waals surface area (Å²) in [5.41, 5.74) is 0. The largest absolute Gasteiger partial charge is 0.459 e. The summed E-state index contributed by atoms with van der Waals surface area (Å²) >= 11 is 3.65. The molecule has 0 fully saturated rings. The molecule has 0 aromatic rings. The minimum absolute atomic E-state index is 0. The molecule has 0 aromatic heterocycles. The molecule has 0 saturated heterocycles. The second-order valence-corrected chi connectivity index (χ2v) is 1.51. The van der Waals surface area contributed by atoms with E-state index in [-0.39, 0.29) is 24.0 Å². The molecule has 0 atom stereocenters. The van der Waals surface area contributed by atoms with Gasteiger partial charge in [0.25, 0.3) is 0 Å². The molecule has 0 bridgehead atoms. The maximum absolute atomic E-state index is 8.93.